The minimum absolute atomic E-state index is 0.631. The maximum Gasteiger partial charge on any atom is 0.217 e. The molecular formula is C6H9NOS2. The number of allylic oxidation sites excluding steroid dienone is 1. The van der Waals surface area contributed by atoms with Crippen molar-refractivity contribution in [1.29, 1.82) is 0 Å². The highest BCUT2D eigenvalue weighted by Crippen LogP contribution is 2.23. The first-order chi connectivity index (χ1) is 4.81. The number of carbonyl (C=O) groups is 1. The fourth-order valence-electron chi connectivity index (χ4n) is 0.258. The van der Waals surface area contributed by atoms with Crippen molar-refractivity contribution in [3.05, 3.63) is 22.3 Å². The van der Waals surface area contributed by atoms with Crippen LogP contribution in [0.25, 0.3) is 0 Å². The quantitative estimate of drug-likeness (QED) is 0.512. The van der Waals surface area contributed by atoms with Gasteiger partial charge in [-0.25, -0.2) is 0 Å². The first-order valence-corrected chi connectivity index (χ1v) is 4.33. The van der Waals surface area contributed by atoms with Gasteiger partial charge in [0.1, 0.15) is 0 Å². The van der Waals surface area contributed by atoms with Gasteiger partial charge in [-0.3, -0.25) is 9.52 Å². The minimum atomic E-state index is 0.631. The Morgan fingerprint density at radius 1 is 1.70 bits per heavy atom. The van der Waals surface area contributed by atoms with Crippen LogP contribution >= 0.6 is 23.7 Å². The number of hydrogen-bond acceptors (Lipinski definition) is 3. The molecule has 0 aromatic heterocycles. The lowest BCUT2D eigenvalue weighted by Crippen LogP contribution is -1.95. The molecule has 0 atom stereocenters. The van der Waals surface area contributed by atoms with Gasteiger partial charge in [0.25, 0.3) is 0 Å². The highest BCUT2D eigenvalue weighted by molar-refractivity contribution is 8.22. The van der Waals surface area contributed by atoms with Crippen LogP contribution in [0.4, 0.5) is 0 Å². The van der Waals surface area contributed by atoms with Crippen molar-refractivity contribution in [1.82, 2.24) is 4.72 Å². The van der Waals surface area contributed by atoms with Gasteiger partial charge in [-0.2, -0.15) is 0 Å². The van der Waals surface area contributed by atoms with Gasteiger partial charge < -0.3 is 0 Å². The van der Waals surface area contributed by atoms with Crippen LogP contribution in [-0.2, 0) is 4.79 Å². The van der Waals surface area contributed by atoms with Crippen LogP contribution in [0.5, 0.6) is 0 Å². The maximum atomic E-state index is 9.78. The molecule has 0 spiro atoms. The molecule has 0 aromatic rings. The molecule has 0 aliphatic heterocycles. The number of thioether (sulfide) groups is 1. The number of rotatable bonds is 5. The normalized spacial score (nSPS) is 9.70. The Labute approximate surface area is 69.3 Å². The van der Waals surface area contributed by atoms with E-state index in [1.165, 1.54) is 23.7 Å². The lowest BCUT2D eigenvalue weighted by molar-refractivity contribution is -0.107. The maximum absolute atomic E-state index is 9.78. The molecule has 0 bridgehead atoms. The molecule has 56 valence electrons. The monoisotopic (exact) mass is 175 g/mol. The summed E-state index contributed by atoms with van der Waals surface area (Å²) < 4.78 is 3.29. The van der Waals surface area contributed by atoms with Crippen molar-refractivity contribution in [3.8, 4) is 0 Å². The Kier molecular flexibility index (Phi) is 6.53. The SMILES string of the molecule is C=C(S/C=C\C)SNC=O. The second-order valence-corrected chi connectivity index (χ2v) is 3.49. The van der Waals surface area contributed by atoms with Gasteiger partial charge in [-0.15, -0.1) is 0 Å². The van der Waals surface area contributed by atoms with Gasteiger partial charge >= 0.3 is 0 Å². The van der Waals surface area contributed by atoms with Crippen molar-refractivity contribution >= 4 is 30.1 Å². The van der Waals surface area contributed by atoms with Gasteiger partial charge in [-0.05, 0) is 24.3 Å². The van der Waals surface area contributed by atoms with Crippen LogP contribution in [-0.4, -0.2) is 6.41 Å². The van der Waals surface area contributed by atoms with Crippen LogP contribution in [0.3, 0.4) is 0 Å². The Hall–Kier alpha value is -0.350. The fraction of sp³-hybridized carbons (Fsp3) is 0.167. The van der Waals surface area contributed by atoms with E-state index in [4.69, 9.17) is 0 Å². The molecule has 0 unspecified atom stereocenters. The molecule has 0 aromatic carbocycles. The number of amides is 1. The van der Waals surface area contributed by atoms with Gasteiger partial charge in [0.05, 0.1) is 4.24 Å². The van der Waals surface area contributed by atoms with Gasteiger partial charge in [0.15, 0.2) is 0 Å². The van der Waals surface area contributed by atoms with E-state index in [2.05, 4.69) is 11.3 Å². The van der Waals surface area contributed by atoms with Crippen LogP contribution in [0.2, 0.25) is 0 Å². The van der Waals surface area contributed by atoms with E-state index in [9.17, 15) is 4.79 Å². The zero-order valence-corrected chi connectivity index (χ0v) is 7.30. The highest BCUT2D eigenvalue weighted by Gasteiger charge is 1.89. The third-order valence-electron chi connectivity index (χ3n) is 0.556. The molecular weight excluding hydrogens is 166 g/mol. The lowest BCUT2D eigenvalue weighted by Gasteiger charge is -1.96. The summed E-state index contributed by atoms with van der Waals surface area (Å²) in [6.07, 6.45) is 2.55. The predicted octanol–water partition coefficient (Wildman–Crippen LogP) is 2.12. The summed E-state index contributed by atoms with van der Waals surface area (Å²) in [6, 6.07) is 0. The van der Waals surface area contributed by atoms with Crippen molar-refractivity contribution < 1.29 is 4.79 Å². The van der Waals surface area contributed by atoms with Crippen molar-refractivity contribution in [2.45, 2.75) is 6.92 Å². The third-order valence-corrected chi connectivity index (χ3v) is 2.21. The van der Waals surface area contributed by atoms with Gasteiger partial charge in [-0.1, -0.05) is 24.4 Å². The summed E-state index contributed by atoms with van der Waals surface area (Å²) in [5, 5.41) is 1.90. The number of carbonyl (C=O) groups excluding carboxylic acids is 1. The molecule has 0 aliphatic rings. The zero-order valence-electron chi connectivity index (χ0n) is 5.66. The van der Waals surface area contributed by atoms with Crippen LogP contribution in [0.15, 0.2) is 22.3 Å². The van der Waals surface area contributed by atoms with E-state index in [1.807, 2.05) is 18.4 Å². The standard InChI is InChI=1S/C6H9NOS2/c1-3-4-9-6(2)10-7-5-8/h3-5H,2H2,1H3,(H,7,8)/b4-3-. The highest BCUT2D eigenvalue weighted by atomic mass is 32.2. The fourth-order valence-corrected chi connectivity index (χ4v) is 1.23. The average molecular weight is 175 g/mol. The Morgan fingerprint density at radius 2 is 2.40 bits per heavy atom. The first kappa shape index (κ1) is 9.65. The molecule has 0 fully saturated rings. The average Bonchev–Trinajstić information content (AvgIpc) is 1.97. The molecule has 0 rings (SSSR count). The van der Waals surface area contributed by atoms with E-state index >= 15 is 0 Å². The van der Waals surface area contributed by atoms with E-state index < -0.39 is 0 Å². The smallest absolute Gasteiger partial charge is 0.217 e. The van der Waals surface area contributed by atoms with E-state index in [1.54, 1.807) is 0 Å². The molecule has 1 amide bonds. The summed E-state index contributed by atoms with van der Waals surface area (Å²) >= 11 is 2.70. The van der Waals surface area contributed by atoms with Crippen molar-refractivity contribution in [2.75, 3.05) is 0 Å². The molecule has 0 saturated heterocycles. The largest absolute Gasteiger partial charge is 0.298 e. The molecule has 0 saturated carbocycles. The predicted molar refractivity (Wildman–Crippen MR) is 48.3 cm³/mol. The van der Waals surface area contributed by atoms with Crippen LogP contribution in [0.1, 0.15) is 6.92 Å². The van der Waals surface area contributed by atoms with Gasteiger partial charge in [0.2, 0.25) is 6.41 Å². The molecule has 10 heavy (non-hydrogen) atoms. The third kappa shape index (κ3) is 5.78. The summed E-state index contributed by atoms with van der Waals surface area (Å²) in [7, 11) is 0. The molecule has 0 aliphatic carbocycles. The van der Waals surface area contributed by atoms with E-state index in [-0.39, 0.29) is 0 Å². The van der Waals surface area contributed by atoms with Crippen molar-refractivity contribution in [2.24, 2.45) is 0 Å². The minimum Gasteiger partial charge on any atom is -0.298 e. The molecule has 0 radical (unpaired) electrons. The summed E-state index contributed by atoms with van der Waals surface area (Å²) in [4.78, 5) is 9.78. The van der Waals surface area contributed by atoms with Crippen LogP contribution < -0.4 is 4.72 Å². The number of nitrogens with one attached hydrogen (secondary N) is 1. The Morgan fingerprint density at radius 3 is 2.90 bits per heavy atom. The van der Waals surface area contributed by atoms with Gasteiger partial charge in [0, 0.05) is 0 Å². The first-order valence-electron chi connectivity index (χ1n) is 2.64. The summed E-state index contributed by atoms with van der Waals surface area (Å²) in [6.45, 7) is 5.61. The lowest BCUT2D eigenvalue weighted by atomic mass is 10.8. The molecule has 4 heteroatoms. The molecule has 1 N–H and O–H groups in total. The Bertz CT molecular complexity index is 145. The second-order valence-electron chi connectivity index (χ2n) is 1.30. The summed E-state index contributed by atoms with van der Waals surface area (Å²) in [5.41, 5.74) is 0. The van der Waals surface area contributed by atoms with Crippen LogP contribution in [0, 0.1) is 0 Å². The topological polar surface area (TPSA) is 29.1 Å². The zero-order chi connectivity index (χ0) is 7.82. The second kappa shape index (κ2) is 6.77. The summed E-state index contributed by atoms with van der Waals surface area (Å²) in [5.74, 6) is 0. The molecule has 2 nitrogen and oxygen atoms in total. The molecule has 0 heterocycles. The van der Waals surface area contributed by atoms with Crippen molar-refractivity contribution in [3.63, 3.8) is 0 Å². The number of hydrogen-bond donors (Lipinski definition) is 1. The van der Waals surface area contributed by atoms with E-state index in [0.717, 1.165) is 4.24 Å². The Balaban J connectivity index is 3.34. The van der Waals surface area contributed by atoms with E-state index in [0.29, 0.717) is 6.41 Å².